The Hall–Kier alpha value is -4.09. The minimum absolute atomic E-state index is 0.000668. The predicted molar refractivity (Wildman–Crippen MR) is 123 cm³/mol. The summed E-state index contributed by atoms with van der Waals surface area (Å²) in [7, 11) is 0. The van der Waals surface area contributed by atoms with E-state index in [1.165, 1.54) is 18.2 Å². The summed E-state index contributed by atoms with van der Waals surface area (Å²) < 4.78 is 85.5. The Bertz CT molecular complexity index is 1500. The number of hydrogen-bond acceptors (Lipinski definition) is 6. The molecule has 2 aromatic carbocycles. The number of nitrogens with one attached hydrogen (secondary N) is 2. The van der Waals surface area contributed by atoms with Crippen LogP contribution < -0.4 is 21.1 Å². The van der Waals surface area contributed by atoms with Gasteiger partial charge >= 0.3 is 12.4 Å². The standard InChI is InChI=1S/C24H16ClF6N5O3/c25-16-5-12(9-32)6-17(8-16)39-19-20(24(29,30)31)33-11-36(22(19)38)10-14-7-18(34-35-21(14)37)13-1-3-15(4-2-13)23(26,27)28/h1-6,8,11,14,18,34H,7,10H2,(H,35,37). The smallest absolute Gasteiger partial charge is 0.437 e. The molecule has 204 valence electrons. The van der Waals surface area contributed by atoms with Crippen molar-refractivity contribution in [1.29, 1.82) is 5.26 Å². The number of carbonyl (C=O) groups excluding carboxylic acids is 1. The van der Waals surface area contributed by atoms with Crippen molar-refractivity contribution < 1.29 is 35.9 Å². The summed E-state index contributed by atoms with van der Waals surface area (Å²) in [6.45, 7) is -0.413. The summed E-state index contributed by atoms with van der Waals surface area (Å²) >= 11 is 5.88. The first-order valence-corrected chi connectivity index (χ1v) is 11.4. The van der Waals surface area contributed by atoms with Crippen LogP contribution in [0, 0.1) is 17.2 Å². The van der Waals surface area contributed by atoms with Crippen molar-refractivity contribution >= 4 is 17.5 Å². The molecule has 2 unspecified atom stereocenters. The van der Waals surface area contributed by atoms with Gasteiger partial charge in [0.2, 0.25) is 11.7 Å². The molecule has 2 N–H and O–H groups in total. The molecule has 1 aliphatic heterocycles. The topological polar surface area (TPSA) is 109 Å². The Morgan fingerprint density at radius 1 is 1.08 bits per heavy atom. The fraction of sp³-hybridized carbons (Fsp3) is 0.250. The first-order valence-electron chi connectivity index (χ1n) is 11.0. The number of halogens is 7. The number of rotatable bonds is 5. The van der Waals surface area contributed by atoms with Crippen molar-refractivity contribution in [3.8, 4) is 17.6 Å². The number of nitrogens with zero attached hydrogens (tertiary/aromatic N) is 3. The zero-order chi connectivity index (χ0) is 28.5. The molecule has 1 amide bonds. The SMILES string of the molecule is N#Cc1cc(Cl)cc(Oc2c(C(F)(F)F)ncn(CC3CC(c4ccc(C(F)(F)F)cc4)NNC3=O)c2=O)c1. The van der Waals surface area contributed by atoms with E-state index in [2.05, 4.69) is 15.8 Å². The third-order valence-corrected chi connectivity index (χ3v) is 6.02. The quantitative estimate of drug-likeness (QED) is 0.418. The van der Waals surface area contributed by atoms with Crippen LogP contribution in [0.4, 0.5) is 26.3 Å². The lowest BCUT2D eigenvalue weighted by atomic mass is 9.92. The maximum Gasteiger partial charge on any atom is 0.437 e. The average molecular weight is 572 g/mol. The van der Waals surface area contributed by atoms with Crippen molar-refractivity contribution in [1.82, 2.24) is 20.4 Å². The fourth-order valence-electron chi connectivity index (χ4n) is 3.93. The second-order valence-corrected chi connectivity index (χ2v) is 8.94. The molecule has 2 heterocycles. The molecular formula is C24H16ClF6N5O3. The zero-order valence-corrected chi connectivity index (χ0v) is 20.2. The van der Waals surface area contributed by atoms with Gasteiger partial charge in [0.05, 0.1) is 35.5 Å². The second kappa shape index (κ2) is 10.6. The molecule has 0 radical (unpaired) electrons. The summed E-state index contributed by atoms with van der Waals surface area (Å²) in [5, 5.41) is 9.05. The van der Waals surface area contributed by atoms with E-state index in [4.69, 9.17) is 21.6 Å². The molecule has 15 heteroatoms. The molecule has 39 heavy (non-hydrogen) atoms. The van der Waals surface area contributed by atoms with E-state index in [0.29, 0.717) is 11.9 Å². The first-order chi connectivity index (χ1) is 18.3. The van der Waals surface area contributed by atoms with Crippen LogP contribution in [-0.2, 0) is 23.7 Å². The van der Waals surface area contributed by atoms with Crippen LogP contribution in [0.25, 0.3) is 0 Å². The highest BCUT2D eigenvalue weighted by atomic mass is 35.5. The number of benzene rings is 2. The van der Waals surface area contributed by atoms with Crippen molar-refractivity contribution in [2.45, 2.75) is 31.4 Å². The molecule has 4 rings (SSSR count). The Morgan fingerprint density at radius 2 is 1.77 bits per heavy atom. The van der Waals surface area contributed by atoms with Gasteiger partial charge in [0.15, 0.2) is 5.69 Å². The van der Waals surface area contributed by atoms with Crippen LogP contribution in [0.2, 0.25) is 5.02 Å². The first kappa shape index (κ1) is 27.9. The number of ether oxygens (including phenoxy) is 1. The van der Waals surface area contributed by atoms with Gasteiger partial charge in [-0.15, -0.1) is 0 Å². The van der Waals surface area contributed by atoms with Gasteiger partial charge in [-0.1, -0.05) is 23.7 Å². The van der Waals surface area contributed by atoms with Gasteiger partial charge < -0.3 is 4.74 Å². The van der Waals surface area contributed by atoms with E-state index in [1.54, 1.807) is 6.07 Å². The van der Waals surface area contributed by atoms with E-state index < -0.39 is 59.3 Å². The van der Waals surface area contributed by atoms with E-state index in [9.17, 15) is 35.9 Å². The lowest BCUT2D eigenvalue weighted by molar-refractivity contribution is -0.142. The van der Waals surface area contributed by atoms with Gasteiger partial charge in [-0.25, -0.2) is 10.4 Å². The van der Waals surface area contributed by atoms with Crippen LogP contribution in [0.5, 0.6) is 11.5 Å². The van der Waals surface area contributed by atoms with Gasteiger partial charge in [0, 0.05) is 11.6 Å². The average Bonchev–Trinajstić information content (AvgIpc) is 2.86. The maximum absolute atomic E-state index is 13.6. The van der Waals surface area contributed by atoms with Crippen LogP contribution in [0.1, 0.15) is 34.8 Å². The third kappa shape index (κ3) is 6.32. The molecule has 1 aliphatic rings. The Kier molecular flexibility index (Phi) is 7.58. The number of amides is 1. The highest BCUT2D eigenvalue weighted by Crippen LogP contribution is 2.36. The maximum atomic E-state index is 13.6. The normalized spacial score (nSPS) is 17.8. The summed E-state index contributed by atoms with van der Waals surface area (Å²) in [6, 6.07) is 8.75. The number of aromatic nitrogens is 2. The molecule has 0 spiro atoms. The Labute approximate surface area is 220 Å². The van der Waals surface area contributed by atoms with Crippen LogP contribution >= 0.6 is 11.6 Å². The Morgan fingerprint density at radius 3 is 2.38 bits per heavy atom. The van der Waals surface area contributed by atoms with E-state index in [-0.39, 0.29) is 22.8 Å². The molecule has 1 saturated heterocycles. The van der Waals surface area contributed by atoms with Gasteiger partial charge in [-0.05, 0) is 42.3 Å². The number of hydrazine groups is 1. The van der Waals surface area contributed by atoms with E-state index in [1.807, 2.05) is 0 Å². The molecule has 1 aromatic heterocycles. The zero-order valence-electron chi connectivity index (χ0n) is 19.4. The minimum atomic E-state index is -5.08. The molecular weight excluding hydrogens is 556 g/mol. The number of alkyl halides is 6. The number of hydrogen-bond donors (Lipinski definition) is 2. The molecule has 3 aromatic rings. The lowest BCUT2D eigenvalue weighted by Gasteiger charge is -2.31. The number of nitriles is 1. The van der Waals surface area contributed by atoms with Crippen molar-refractivity contribution in [3.63, 3.8) is 0 Å². The van der Waals surface area contributed by atoms with Crippen molar-refractivity contribution in [3.05, 3.63) is 86.6 Å². The van der Waals surface area contributed by atoms with Gasteiger partial charge in [0.25, 0.3) is 5.56 Å². The lowest BCUT2D eigenvalue weighted by Crippen LogP contribution is -2.51. The van der Waals surface area contributed by atoms with Crippen molar-refractivity contribution in [2.75, 3.05) is 0 Å². The van der Waals surface area contributed by atoms with Gasteiger partial charge in [-0.3, -0.25) is 19.6 Å². The van der Waals surface area contributed by atoms with E-state index in [0.717, 1.165) is 28.8 Å². The van der Waals surface area contributed by atoms with E-state index >= 15 is 0 Å². The summed E-state index contributed by atoms with van der Waals surface area (Å²) in [6.07, 6.45) is -8.99. The largest absolute Gasteiger partial charge is 0.449 e. The molecule has 0 saturated carbocycles. The van der Waals surface area contributed by atoms with Crippen LogP contribution in [0.15, 0.2) is 53.6 Å². The summed E-state index contributed by atoms with van der Waals surface area (Å²) in [5.74, 6) is -3.08. The van der Waals surface area contributed by atoms with Gasteiger partial charge in [0.1, 0.15) is 5.75 Å². The monoisotopic (exact) mass is 571 g/mol. The number of carbonyl (C=O) groups is 1. The third-order valence-electron chi connectivity index (χ3n) is 5.80. The van der Waals surface area contributed by atoms with Gasteiger partial charge in [-0.2, -0.15) is 31.6 Å². The molecule has 1 fully saturated rings. The molecule has 8 nitrogen and oxygen atoms in total. The summed E-state index contributed by atoms with van der Waals surface area (Å²) in [4.78, 5) is 28.9. The fourth-order valence-corrected chi connectivity index (χ4v) is 4.15. The molecule has 0 aliphatic carbocycles. The molecule has 0 bridgehead atoms. The van der Waals surface area contributed by atoms with Crippen LogP contribution in [-0.4, -0.2) is 15.5 Å². The van der Waals surface area contributed by atoms with Crippen LogP contribution in [0.3, 0.4) is 0 Å². The predicted octanol–water partition coefficient (Wildman–Crippen LogP) is 4.98. The van der Waals surface area contributed by atoms with Crippen molar-refractivity contribution in [2.24, 2.45) is 5.92 Å². The summed E-state index contributed by atoms with van der Waals surface area (Å²) in [5.41, 5.74) is 1.67. The minimum Gasteiger partial charge on any atom is -0.449 e. The highest BCUT2D eigenvalue weighted by Gasteiger charge is 2.39. The highest BCUT2D eigenvalue weighted by molar-refractivity contribution is 6.30. The Balaban J connectivity index is 1.63. The molecule has 2 atom stereocenters. The second-order valence-electron chi connectivity index (χ2n) is 8.51.